The van der Waals surface area contributed by atoms with E-state index in [1.165, 1.54) is 0 Å². The van der Waals surface area contributed by atoms with Gasteiger partial charge in [0.2, 0.25) is 5.91 Å². The second-order valence-corrected chi connectivity index (χ2v) is 3.94. The van der Waals surface area contributed by atoms with Crippen molar-refractivity contribution in [1.82, 2.24) is 15.2 Å². The number of nitrogens with one attached hydrogen (secondary N) is 2. The third kappa shape index (κ3) is 2.57. The molecule has 0 radical (unpaired) electrons. The molecule has 0 spiro atoms. The number of carbonyl (C=O) groups is 2. The third-order valence-electron chi connectivity index (χ3n) is 2.77. The summed E-state index contributed by atoms with van der Waals surface area (Å²) >= 11 is 0. The molecule has 0 bridgehead atoms. The van der Waals surface area contributed by atoms with E-state index in [0.717, 1.165) is 0 Å². The summed E-state index contributed by atoms with van der Waals surface area (Å²) < 4.78 is 0. The number of aromatic nitrogens is 1. The van der Waals surface area contributed by atoms with Crippen molar-refractivity contribution in [1.29, 1.82) is 0 Å². The third-order valence-corrected chi connectivity index (χ3v) is 2.77. The van der Waals surface area contributed by atoms with Crippen molar-refractivity contribution in [2.75, 3.05) is 25.1 Å². The van der Waals surface area contributed by atoms with Gasteiger partial charge in [0, 0.05) is 32.3 Å². The van der Waals surface area contributed by atoms with Crippen LogP contribution in [-0.2, 0) is 4.79 Å². The largest absolute Gasteiger partial charge is 0.354 e. The van der Waals surface area contributed by atoms with Gasteiger partial charge in [0.05, 0.1) is 5.56 Å². The van der Waals surface area contributed by atoms with Crippen LogP contribution in [0.1, 0.15) is 16.8 Å². The van der Waals surface area contributed by atoms with E-state index in [4.69, 9.17) is 5.84 Å². The lowest BCUT2D eigenvalue weighted by atomic mass is 10.2. The van der Waals surface area contributed by atoms with Gasteiger partial charge in [-0.05, 0) is 12.1 Å². The van der Waals surface area contributed by atoms with Crippen LogP contribution in [0.15, 0.2) is 18.3 Å². The van der Waals surface area contributed by atoms with Gasteiger partial charge in [0.15, 0.2) is 5.82 Å². The van der Waals surface area contributed by atoms with Gasteiger partial charge >= 0.3 is 0 Å². The summed E-state index contributed by atoms with van der Waals surface area (Å²) in [6, 6.07) is 3.33. The fourth-order valence-corrected chi connectivity index (χ4v) is 1.83. The Morgan fingerprint density at radius 2 is 2.33 bits per heavy atom. The first-order valence-electron chi connectivity index (χ1n) is 5.70. The Kier molecular flexibility index (Phi) is 3.73. The van der Waals surface area contributed by atoms with E-state index in [1.807, 2.05) is 0 Å². The van der Waals surface area contributed by atoms with E-state index < -0.39 is 0 Å². The van der Waals surface area contributed by atoms with Crippen molar-refractivity contribution in [3.8, 4) is 0 Å². The molecule has 7 nitrogen and oxygen atoms in total. The second-order valence-electron chi connectivity index (χ2n) is 3.94. The molecule has 18 heavy (non-hydrogen) atoms. The van der Waals surface area contributed by atoms with Crippen molar-refractivity contribution < 1.29 is 9.59 Å². The van der Waals surface area contributed by atoms with E-state index in [0.29, 0.717) is 37.4 Å². The normalized spacial score (nSPS) is 15.8. The average Bonchev–Trinajstić information content (AvgIpc) is 2.62. The van der Waals surface area contributed by atoms with Gasteiger partial charge in [0.25, 0.3) is 5.91 Å². The van der Waals surface area contributed by atoms with Gasteiger partial charge in [-0.15, -0.1) is 0 Å². The number of nitrogens with zero attached hydrogens (tertiary/aromatic N) is 2. The average molecular weight is 249 g/mol. The molecule has 4 N–H and O–H groups in total. The van der Waals surface area contributed by atoms with Gasteiger partial charge in [-0.1, -0.05) is 0 Å². The Hall–Kier alpha value is -2.15. The fraction of sp³-hybridized carbons (Fsp3) is 0.364. The Labute approximate surface area is 104 Å². The van der Waals surface area contributed by atoms with Crippen LogP contribution in [0.5, 0.6) is 0 Å². The lowest BCUT2D eigenvalue weighted by molar-refractivity contribution is -0.120. The van der Waals surface area contributed by atoms with E-state index in [9.17, 15) is 9.59 Å². The number of carbonyl (C=O) groups excluding carboxylic acids is 2. The molecule has 7 heteroatoms. The monoisotopic (exact) mass is 249 g/mol. The van der Waals surface area contributed by atoms with Gasteiger partial charge in [-0.3, -0.25) is 9.59 Å². The zero-order chi connectivity index (χ0) is 13.0. The molecule has 2 rings (SSSR count). The van der Waals surface area contributed by atoms with Crippen LogP contribution in [-0.4, -0.2) is 41.3 Å². The smallest absolute Gasteiger partial charge is 0.257 e. The molecule has 0 atom stereocenters. The standard InChI is InChI=1S/C11H15N5O2/c12-15-10-8(2-1-4-14-10)11(18)16-6-3-9(17)13-5-7-16/h1-2,4H,3,5-7,12H2,(H,13,17)(H,14,15). The molecule has 1 aromatic rings. The lowest BCUT2D eigenvalue weighted by Gasteiger charge is -2.20. The van der Waals surface area contributed by atoms with Crippen LogP contribution in [0.4, 0.5) is 5.82 Å². The van der Waals surface area contributed by atoms with Crippen LogP contribution in [0.25, 0.3) is 0 Å². The maximum atomic E-state index is 12.3. The molecule has 2 heterocycles. The predicted molar refractivity (Wildman–Crippen MR) is 65.6 cm³/mol. The van der Waals surface area contributed by atoms with Crippen molar-refractivity contribution in [3.05, 3.63) is 23.9 Å². The number of amides is 2. The van der Waals surface area contributed by atoms with Crippen molar-refractivity contribution >= 4 is 17.6 Å². The second kappa shape index (κ2) is 5.46. The molecule has 1 saturated heterocycles. The Morgan fingerprint density at radius 1 is 1.50 bits per heavy atom. The fourth-order valence-electron chi connectivity index (χ4n) is 1.83. The quantitative estimate of drug-likeness (QED) is 0.477. The van der Waals surface area contributed by atoms with E-state index in [2.05, 4.69) is 15.7 Å². The molecule has 1 aromatic heterocycles. The van der Waals surface area contributed by atoms with Crippen molar-refractivity contribution in [2.45, 2.75) is 6.42 Å². The molecule has 96 valence electrons. The van der Waals surface area contributed by atoms with Crippen LogP contribution >= 0.6 is 0 Å². The first kappa shape index (κ1) is 12.3. The van der Waals surface area contributed by atoms with E-state index in [1.54, 1.807) is 23.2 Å². The molecule has 0 aromatic carbocycles. The molecule has 0 saturated carbocycles. The van der Waals surface area contributed by atoms with Crippen molar-refractivity contribution in [3.63, 3.8) is 0 Å². The molecular formula is C11H15N5O2. The molecule has 1 aliphatic heterocycles. The summed E-state index contributed by atoms with van der Waals surface area (Å²) in [5, 5.41) is 2.72. The molecule has 2 amide bonds. The molecule has 0 unspecified atom stereocenters. The highest BCUT2D eigenvalue weighted by Gasteiger charge is 2.21. The van der Waals surface area contributed by atoms with Crippen LogP contribution in [0, 0.1) is 0 Å². The van der Waals surface area contributed by atoms with Crippen LogP contribution < -0.4 is 16.6 Å². The molecular weight excluding hydrogens is 234 g/mol. The van der Waals surface area contributed by atoms with E-state index in [-0.39, 0.29) is 11.8 Å². The number of pyridine rings is 1. The zero-order valence-corrected chi connectivity index (χ0v) is 9.85. The number of hydrogen-bond acceptors (Lipinski definition) is 5. The summed E-state index contributed by atoms with van der Waals surface area (Å²) in [6.07, 6.45) is 1.87. The summed E-state index contributed by atoms with van der Waals surface area (Å²) in [5.41, 5.74) is 2.81. The Morgan fingerprint density at radius 3 is 3.11 bits per heavy atom. The number of rotatable bonds is 2. The first-order valence-corrected chi connectivity index (χ1v) is 5.70. The highest BCUT2D eigenvalue weighted by molar-refractivity contribution is 5.99. The number of nitrogens with two attached hydrogens (primary N) is 1. The molecule has 1 fully saturated rings. The first-order chi connectivity index (χ1) is 8.72. The SMILES string of the molecule is NNc1ncccc1C(=O)N1CCNC(=O)CC1. The lowest BCUT2D eigenvalue weighted by Crippen LogP contribution is -2.35. The predicted octanol–water partition coefficient (Wildman–Crippen LogP) is -0.671. The maximum absolute atomic E-state index is 12.3. The van der Waals surface area contributed by atoms with E-state index >= 15 is 0 Å². The topological polar surface area (TPSA) is 100 Å². The van der Waals surface area contributed by atoms with Crippen LogP contribution in [0.3, 0.4) is 0 Å². The highest BCUT2D eigenvalue weighted by atomic mass is 16.2. The molecule has 0 aliphatic carbocycles. The van der Waals surface area contributed by atoms with Gasteiger partial charge in [0.1, 0.15) is 0 Å². The number of anilines is 1. The Balaban J connectivity index is 2.17. The van der Waals surface area contributed by atoms with Gasteiger partial charge < -0.3 is 15.6 Å². The Bertz CT molecular complexity index is 463. The highest BCUT2D eigenvalue weighted by Crippen LogP contribution is 2.13. The van der Waals surface area contributed by atoms with Crippen LogP contribution in [0.2, 0.25) is 0 Å². The summed E-state index contributed by atoms with van der Waals surface area (Å²) in [5.74, 6) is 5.45. The van der Waals surface area contributed by atoms with Gasteiger partial charge in [-0.2, -0.15) is 0 Å². The minimum atomic E-state index is -0.174. The molecule has 1 aliphatic rings. The number of hydrogen-bond donors (Lipinski definition) is 3. The summed E-state index contributed by atoms with van der Waals surface area (Å²) in [6.45, 7) is 1.36. The minimum Gasteiger partial charge on any atom is -0.354 e. The van der Waals surface area contributed by atoms with Gasteiger partial charge in [-0.25, -0.2) is 10.8 Å². The summed E-state index contributed by atoms with van der Waals surface area (Å²) in [7, 11) is 0. The number of hydrazine groups is 1. The number of nitrogen functional groups attached to an aromatic ring is 1. The zero-order valence-electron chi connectivity index (χ0n) is 9.85. The minimum absolute atomic E-state index is 0.0336. The maximum Gasteiger partial charge on any atom is 0.257 e. The summed E-state index contributed by atoms with van der Waals surface area (Å²) in [4.78, 5) is 29.1. The van der Waals surface area contributed by atoms with Crippen molar-refractivity contribution in [2.24, 2.45) is 5.84 Å².